The fourth-order valence-corrected chi connectivity index (χ4v) is 1.60. The molecule has 1 rings (SSSR count). The molecule has 3 nitrogen and oxygen atoms in total. The zero-order valence-corrected chi connectivity index (χ0v) is 10.1. The summed E-state index contributed by atoms with van der Waals surface area (Å²) >= 11 is 7.28. The predicted molar refractivity (Wildman–Crippen MR) is 65.0 cm³/mol. The van der Waals surface area contributed by atoms with Crippen molar-refractivity contribution >= 4 is 35.0 Å². The molecule has 15 heavy (non-hydrogen) atoms. The monoisotopic (exact) mass is 245 g/mol. The van der Waals surface area contributed by atoms with Crippen molar-refractivity contribution in [2.24, 2.45) is 0 Å². The molecule has 0 aliphatic heterocycles. The van der Waals surface area contributed by atoms with Gasteiger partial charge < -0.3 is 10.1 Å². The number of halogens is 1. The SMILES string of the molecule is COc1ccc(Cl)cc1NC(=O)CSC. The normalized spacial score (nSPS) is 9.80. The molecule has 1 N–H and O–H groups in total. The van der Waals surface area contributed by atoms with E-state index in [-0.39, 0.29) is 5.91 Å². The van der Waals surface area contributed by atoms with Crippen LogP contribution in [0.15, 0.2) is 18.2 Å². The Kier molecular flexibility index (Phi) is 4.78. The lowest BCUT2D eigenvalue weighted by Crippen LogP contribution is -2.14. The minimum Gasteiger partial charge on any atom is -0.495 e. The molecule has 1 aromatic carbocycles. The standard InChI is InChI=1S/C10H12ClNO2S/c1-14-9-4-3-7(11)5-8(9)12-10(13)6-15-2/h3-5H,6H2,1-2H3,(H,12,13). The average Bonchev–Trinajstić information content (AvgIpc) is 2.18. The number of hydrogen-bond donors (Lipinski definition) is 1. The van der Waals surface area contributed by atoms with Crippen molar-refractivity contribution in [2.45, 2.75) is 0 Å². The number of nitrogens with one attached hydrogen (secondary N) is 1. The van der Waals surface area contributed by atoms with Gasteiger partial charge in [-0.1, -0.05) is 11.6 Å². The Labute approximate surface area is 98.1 Å². The fraction of sp³-hybridized carbons (Fsp3) is 0.300. The summed E-state index contributed by atoms with van der Waals surface area (Å²) in [4.78, 5) is 11.4. The smallest absolute Gasteiger partial charge is 0.234 e. The van der Waals surface area contributed by atoms with Gasteiger partial charge in [0.2, 0.25) is 5.91 Å². The van der Waals surface area contributed by atoms with E-state index in [1.807, 2.05) is 6.26 Å². The summed E-state index contributed by atoms with van der Waals surface area (Å²) < 4.78 is 5.10. The molecule has 0 atom stereocenters. The van der Waals surface area contributed by atoms with Crippen LogP contribution in [0.2, 0.25) is 5.02 Å². The highest BCUT2D eigenvalue weighted by atomic mass is 35.5. The van der Waals surface area contributed by atoms with Gasteiger partial charge in [-0.25, -0.2) is 0 Å². The molecule has 1 aromatic rings. The van der Waals surface area contributed by atoms with Gasteiger partial charge in [-0.2, -0.15) is 11.8 Å². The number of hydrogen-bond acceptors (Lipinski definition) is 3. The van der Waals surface area contributed by atoms with E-state index in [2.05, 4.69) is 5.32 Å². The van der Waals surface area contributed by atoms with Crippen LogP contribution in [0, 0.1) is 0 Å². The van der Waals surface area contributed by atoms with Crippen LogP contribution in [0.25, 0.3) is 0 Å². The fourth-order valence-electron chi connectivity index (χ4n) is 1.10. The van der Waals surface area contributed by atoms with Crippen LogP contribution < -0.4 is 10.1 Å². The lowest BCUT2D eigenvalue weighted by molar-refractivity contribution is -0.113. The predicted octanol–water partition coefficient (Wildman–Crippen LogP) is 2.65. The van der Waals surface area contributed by atoms with Crippen LogP contribution in [-0.2, 0) is 4.79 Å². The first-order valence-corrected chi connectivity index (χ1v) is 6.07. The second-order valence-corrected chi connectivity index (χ2v) is 4.13. The second kappa shape index (κ2) is 5.88. The first-order valence-electron chi connectivity index (χ1n) is 4.29. The minimum atomic E-state index is -0.0666. The molecule has 82 valence electrons. The second-order valence-electron chi connectivity index (χ2n) is 2.83. The number of ether oxygens (including phenoxy) is 1. The third-order valence-corrected chi connectivity index (χ3v) is 2.50. The van der Waals surface area contributed by atoms with Crippen molar-refractivity contribution in [3.63, 3.8) is 0 Å². The lowest BCUT2D eigenvalue weighted by atomic mass is 10.3. The largest absolute Gasteiger partial charge is 0.495 e. The molecule has 0 radical (unpaired) electrons. The van der Waals surface area contributed by atoms with E-state index in [1.165, 1.54) is 11.8 Å². The number of benzene rings is 1. The Hall–Kier alpha value is -0.870. The van der Waals surface area contributed by atoms with Gasteiger partial charge in [-0.05, 0) is 24.5 Å². The molecule has 5 heteroatoms. The van der Waals surface area contributed by atoms with Gasteiger partial charge in [-0.15, -0.1) is 0 Å². The molecule has 0 heterocycles. The Bertz CT molecular complexity index is 357. The minimum absolute atomic E-state index is 0.0666. The van der Waals surface area contributed by atoms with Gasteiger partial charge in [-0.3, -0.25) is 4.79 Å². The number of rotatable bonds is 4. The maximum atomic E-state index is 11.4. The maximum absolute atomic E-state index is 11.4. The zero-order chi connectivity index (χ0) is 11.3. The van der Waals surface area contributed by atoms with Crippen LogP contribution >= 0.6 is 23.4 Å². The molecular weight excluding hydrogens is 234 g/mol. The van der Waals surface area contributed by atoms with Crippen LogP contribution in [0.3, 0.4) is 0 Å². The molecular formula is C10H12ClNO2S. The van der Waals surface area contributed by atoms with E-state index < -0.39 is 0 Å². The molecule has 0 fully saturated rings. The van der Waals surface area contributed by atoms with Crippen molar-refractivity contribution in [3.05, 3.63) is 23.2 Å². The topological polar surface area (TPSA) is 38.3 Å². The van der Waals surface area contributed by atoms with Crippen LogP contribution in [-0.4, -0.2) is 25.0 Å². The van der Waals surface area contributed by atoms with Crippen molar-refractivity contribution in [2.75, 3.05) is 24.4 Å². The summed E-state index contributed by atoms with van der Waals surface area (Å²) in [6, 6.07) is 5.10. The van der Waals surface area contributed by atoms with Crippen molar-refractivity contribution in [3.8, 4) is 5.75 Å². The van der Waals surface area contributed by atoms with E-state index in [1.54, 1.807) is 25.3 Å². The third-order valence-electron chi connectivity index (χ3n) is 1.71. The molecule has 0 spiro atoms. The summed E-state index contributed by atoms with van der Waals surface area (Å²) in [5, 5.41) is 3.30. The van der Waals surface area contributed by atoms with Crippen molar-refractivity contribution in [1.82, 2.24) is 0 Å². The Morgan fingerprint density at radius 1 is 1.60 bits per heavy atom. The summed E-state index contributed by atoms with van der Waals surface area (Å²) in [5.41, 5.74) is 0.601. The van der Waals surface area contributed by atoms with E-state index in [0.717, 1.165) is 0 Å². The van der Waals surface area contributed by atoms with Crippen molar-refractivity contribution < 1.29 is 9.53 Å². The van der Waals surface area contributed by atoms with Gasteiger partial charge in [0.1, 0.15) is 5.75 Å². The summed E-state index contributed by atoms with van der Waals surface area (Å²) in [6.45, 7) is 0. The van der Waals surface area contributed by atoms with Gasteiger partial charge in [0.05, 0.1) is 18.6 Å². The molecule has 0 aliphatic carbocycles. The number of carbonyl (C=O) groups excluding carboxylic acids is 1. The molecule has 0 aliphatic rings. The van der Waals surface area contributed by atoms with E-state index in [0.29, 0.717) is 22.2 Å². The molecule has 0 saturated heterocycles. The summed E-state index contributed by atoms with van der Waals surface area (Å²) in [5.74, 6) is 0.951. The number of thioether (sulfide) groups is 1. The summed E-state index contributed by atoms with van der Waals surface area (Å²) in [6.07, 6.45) is 1.87. The Balaban J connectivity index is 2.82. The highest BCUT2D eigenvalue weighted by Crippen LogP contribution is 2.27. The van der Waals surface area contributed by atoms with Crippen LogP contribution in [0.1, 0.15) is 0 Å². The van der Waals surface area contributed by atoms with E-state index in [4.69, 9.17) is 16.3 Å². The molecule has 0 saturated carbocycles. The maximum Gasteiger partial charge on any atom is 0.234 e. The average molecular weight is 246 g/mol. The number of methoxy groups -OCH3 is 1. The first-order chi connectivity index (χ1) is 7.17. The van der Waals surface area contributed by atoms with Gasteiger partial charge >= 0.3 is 0 Å². The lowest BCUT2D eigenvalue weighted by Gasteiger charge is -2.09. The molecule has 0 aromatic heterocycles. The summed E-state index contributed by atoms with van der Waals surface area (Å²) in [7, 11) is 1.55. The molecule has 0 bridgehead atoms. The van der Waals surface area contributed by atoms with Gasteiger partial charge in [0.25, 0.3) is 0 Å². The highest BCUT2D eigenvalue weighted by molar-refractivity contribution is 7.99. The van der Waals surface area contributed by atoms with Crippen LogP contribution in [0.4, 0.5) is 5.69 Å². The molecule has 1 amide bonds. The van der Waals surface area contributed by atoms with Crippen LogP contribution in [0.5, 0.6) is 5.75 Å². The number of anilines is 1. The number of carbonyl (C=O) groups is 1. The highest BCUT2D eigenvalue weighted by Gasteiger charge is 2.07. The zero-order valence-electron chi connectivity index (χ0n) is 8.54. The first kappa shape index (κ1) is 12.2. The Morgan fingerprint density at radius 3 is 2.93 bits per heavy atom. The van der Waals surface area contributed by atoms with Gasteiger partial charge in [0, 0.05) is 5.02 Å². The van der Waals surface area contributed by atoms with E-state index >= 15 is 0 Å². The van der Waals surface area contributed by atoms with Gasteiger partial charge in [0.15, 0.2) is 0 Å². The molecule has 0 unspecified atom stereocenters. The Morgan fingerprint density at radius 2 is 2.33 bits per heavy atom. The van der Waals surface area contributed by atoms with Crippen molar-refractivity contribution in [1.29, 1.82) is 0 Å². The van der Waals surface area contributed by atoms with E-state index in [9.17, 15) is 4.79 Å². The quantitative estimate of drug-likeness (QED) is 0.886. The third kappa shape index (κ3) is 3.64. The number of amides is 1.